The van der Waals surface area contributed by atoms with Gasteiger partial charge in [0, 0.05) is 30.0 Å². The topological polar surface area (TPSA) is 68.0 Å². The molecule has 0 bridgehead atoms. The highest BCUT2D eigenvalue weighted by Crippen LogP contribution is 2.20. The second kappa shape index (κ2) is 8.23. The van der Waals surface area contributed by atoms with Crippen molar-refractivity contribution in [2.75, 3.05) is 0 Å². The van der Waals surface area contributed by atoms with Gasteiger partial charge in [0.15, 0.2) is 0 Å². The van der Waals surface area contributed by atoms with E-state index in [-0.39, 0.29) is 12.3 Å². The van der Waals surface area contributed by atoms with Crippen LogP contribution in [0.4, 0.5) is 0 Å². The van der Waals surface area contributed by atoms with Crippen molar-refractivity contribution in [1.82, 2.24) is 15.5 Å². The maximum absolute atomic E-state index is 12.2. The lowest BCUT2D eigenvalue weighted by atomic mass is 10.0. The zero-order chi connectivity index (χ0) is 19.3. The van der Waals surface area contributed by atoms with Gasteiger partial charge in [0.2, 0.25) is 17.6 Å². The molecular formula is C22H18ClN3O2. The normalized spacial score (nSPS) is 10.9. The molecule has 0 radical (unpaired) electrons. The molecule has 0 saturated carbocycles. The van der Waals surface area contributed by atoms with E-state index in [2.05, 4.69) is 33.7 Å². The maximum atomic E-state index is 12.2. The van der Waals surface area contributed by atoms with Gasteiger partial charge in [0.1, 0.15) is 0 Å². The summed E-state index contributed by atoms with van der Waals surface area (Å²) in [4.78, 5) is 16.6. The predicted molar refractivity (Wildman–Crippen MR) is 109 cm³/mol. The summed E-state index contributed by atoms with van der Waals surface area (Å²) in [7, 11) is 0. The van der Waals surface area contributed by atoms with E-state index in [4.69, 9.17) is 16.1 Å². The molecule has 0 unspecified atom stereocenters. The molecular weight excluding hydrogens is 374 g/mol. The van der Waals surface area contributed by atoms with Crippen LogP contribution in [0.3, 0.4) is 0 Å². The van der Waals surface area contributed by atoms with Crippen LogP contribution in [0.1, 0.15) is 17.9 Å². The van der Waals surface area contributed by atoms with Gasteiger partial charge in [-0.15, -0.1) is 0 Å². The molecule has 4 rings (SSSR count). The van der Waals surface area contributed by atoms with Crippen molar-refractivity contribution in [3.8, 4) is 11.4 Å². The minimum atomic E-state index is -0.0563. The Morgan fingerprint density at radius 2 is 1.79 bits per heavy atom. The van der Waals surface area contributed by atoms with E-state index in [1.165, 1.54) is 0 Å². The van der Waals surface area contributed by atoms with Crippen molar-refractivity contribution < 1.29 is 9.32 Å². The highest BCUT2D eigenvalue weighted by molar-refractivity contribution is 6.30. The molecule has 3 aromatic carbocycles. The standard InChI is InChI=1S/C22H18ClN3O2/c23-18-10-8-16(9-11-18)22-25-21(28-26-22)13-12-20(27)24-14-17-6-3-5-15-4-1-2-7-19(15)17/h1-11H,12-14H2,(H,24,27). The third kappa shape index (κ3) is 4.21. The first kappa shape index (κ1) is 18.2. The molecule has 0 atom stereocenters. The largest absolute Gasteiger partial charge is 0.352 e. The molecule has 1 amide bonds. The molecule has 0 aliphatic rings. The van der Waals surface area contributed by atoms with Crippen molar-refractivity contribution in [2.45, 2.75) is 19.4 Å². The van der Waals surface area contributed by atoms with Crippen LogP contribution in [0.2, 0.25) is 5.02 Å². The van der Waals surface area contributed by atoms with Gasteiger partial charge in [-0.1, -0.05) is 59.2 Å². The van der Waals surface area contributed by atoms with E-state index >= 15 is 0 Å². The zero-order valence-electron chi connectivity index (χ0n) is 15.1. The van der Waals surface area contributed by atoms with Gasteiger partial charge in [-0.3, -0.25) is 4.79 Å². The minimum Gasteiger partial charge on any atom is -0.352 e. The molecule has 0 fully saturated rings. The summed E-state index contributed by atoms with van der Waals surface area (Å²) < 4.78 is 5.25. The van der Waals surface area contributed by atoms with Crippen LogP contribution in [-0.4, -0.2) is 16.0 Å². The first-order valence-electron chi connectivity index (χ1n) is 9.01. The van der Waals surface area contributed by atoms with Crippen LogP contribution in [-0.2, 0) is 17.8 Å². The van der Waals surface area contributed by atoms with Crippen LogP contribution in [0.5, 0.6) is 0 Å². The van der Waals surface area contributed by atoms with E-state index < -0.39 is 0 Å². The fourth-order valence-electron chi connectivity index (χ4n) is 3.02. The van der Waals surface area contributed by atoms with Gasteiger partial charge in [-0.2, -0.15) is 4.98 Å². The number of hydrogen-bond donors (Lipinski definition) is 1. The number of carbonyl (C=O) groups is 1. The van der Waals surface area contributed by atoms with Crippen LogP contribution in [0, 0.1) is 0 Å². The molecule has 1 aromatic heterocycles. The van der Waals surface area contributed by atoms with Gasteiger partial charge in [0.25, 0.3) is 0 Å². The smallest absolute Gasteiger partial charge is 0.227 e. The number of aryl methyl sites for hydroxylation is 1. The number of nitrogens with zero attached hydrogens (tertiary/aromatic N) is 2. The number of hydrogen-bond acceptors (Lipinski definition) is 4. The molecule has 4 aromatic rings. The second-order valence-corrected chi connectivity index (χ2v) is 6.87. The Kier molecular flexibility index (Phi) is 5.35. The SMILES string of the molecule is O=C(CCc1nc(-c2ccc(Cl)cc2)no1)NCc1cccc2ccccc12. The Hall–Kier alpha value is -3.18. The third-order valence-corrected chi connectivity index (χ3v) is 4.74. The fraction of sp³-hybridized carbons (Fsp3) is 0.136. The lowest BCUT2D eigenvalue weighted by Crippen LogP contribution is -2.23. The first-order chi connectivity index (χ1) is 13.7. The Bertz CT molecular complexity index is 1100. The molecule has 1 N–H and O–H groups in total. The molecule has 0 aliphatic heterocycles. The second-order valence-electron chi connectivity index (χ2n) is 6.43. The van der Waals surface area contributed by atoms with Gasteiger partial charge in [-0.05, 0) is 40.6 Å². The van der Waals surface area contributed by atoms with Crippen molar-refractivity contribution in [3.63, 3.8) is 0 Å². The molecule has 28 heavy (non-hydrogen) atoms. The minimum absolute atomic E-state index is 0.0563. The number of fused-ring (bicyclic) bond motifs is 1. The van der Waals surface area contributed by atoms with E-state index in [0.717, 1.165) is 21.9 Å². The lowest BCUT2D eigenvalue weighted by molar-refractivity contribution is -0.121. The molecule has 5 nitrogen and oxygen atoms in total. The first-order valence-corrected chi connectivity index (χ1v) is 9.39. The molecule has 1 heterocycles. The monoisotopic (exact) mass is 391 g/mol. The zero-order valence-corrected chi connectivity index (χ0v) is 15.8. The average Bonchev–Trinajstić information content (AvgIpc) is 3.20. The van der Waals surface area contributed by atoms with Crippen molar-refractivity contribution in [3.05, 3.63) is 83.2 Å². The van der Waals surface area contributed by atoms with E-state index in [0.29, 0.717) is 29.7 Å². The number of amides is 1. The summed E-state index contributed by atoms with van der Waals surface area (Å²) in [6.45, 7) is 0.486. The molecule has 140 valence electrons. The van der Waals surface area contributed by atoms with Crippen molar-refractivity contribution >= 4 is 28.3 Å². The Labute approximate surface area is 167 Å². The van der Waals surface area contributed by atoms with E-state index in [9.17, 15) is 4.79 Å². The summed E-state index contributed by atoms with van der Waals surface area (Å²) >= 11 is 5.89. The van der Waals surface area contributed by atoms with Gasteiger partial charge < -0.3 is 9.84 Å². The van der Waals surface area contributed by atoms with Crippen LogP contribution >= 0.6 is 11.6 Å². The Balaban J connectivity index is 1.33. The Morgan fingerprint density at radius 3 is 2.64 bits per heavy atom. The van der Waals surface area contributed by atoms with Gasteiger partial charge in [0.05, 0.1) is 0 Å². The highest BCUT2D eigenvalue weighted by atomic mass is 35.5. The number of rotatable bonds is 6. The lowest BCUT2D eigenvalue weighted by Gasteiger charge is -2.08. The molecule has 6 heteroatoms. The maximum Gasteiger partial charge on any atom is 0.227 e. The number of benzene rings is 3. The fourth-order valence-corrected chi connectivity index (χ4v) is 3.15. The summed E-state index contributed by atoms with van der Waals surface area (Å²) in [6, 6.07) is 21.4. The van der Waals surface area contributed by atoms with E-state index in [1.54, 1.807) is 12.1 Å². The number of halogens is 1. The predicted octanol–water partition coefficient (Wildman–Crippen LogP) is 4.79. The molecule has 0 spiro atoms. The summed E-state index contributed by atoms with van der Waals surface area (Å²) in [6.07, 6.45) is 0.676. The number of aromatic nitrogens is 2. The quantitative estimate of drug-likeness (QED) is 0.513. The summed E-state index contributed by atoms with van der Waals surface area (Å²) in [5.74, 6) is 0.868. The number of carbonyl (C=O) groups excluding carboxylic acids is 1. The van der Waals surface area contributed by atoms with E-state index in [1.807, 2.05) is 36.4 Å². The van der Waals surface area contributed by atoms with Crippen molar-refractivity contribution in [1.29, 1.82) is 0 Å². The summed E-state index contributed by atoms with van der Waals surface area (Å²) in [5, 5.41) is 9.88. The number of nitrogens with one attached hydrogen (secondary N) is 1. The Morgan fingerprint density at radius 1 is 1.00 bits per heavy atom. The summed E-state index contributed by atoms with van der Waals surface area (Å²) in [5.41, 5.74) is 1.91. The highest BCUT2D eigenvalue weighted by Gasteiger charge is 2.11. The third-order valence-electron chi connectivity index (χ3n) is 4.49. The average molecular weight is 392 g/mol. The van der Waals surface area contributed by atoms with Crippen molar-refractivity contribution in [2.24, 2.45) is 0 Å². The van der Waals surface area contributed by atoms with Crippen LogP contribution in [0.25, 0.3) is 22.2 Å². The van der Waals surface area contributed by atoms with Crippen LogP contribution in [0.15, 0.2) is 71.3 Å². The molecule has 0 aliphatic carbocycles. The van der Waals surface area contributed by atoms with Gasteiger partial charge in [-0.25, -0.2) is 0 Å². The van der Waals surface area contributed by atoms with Gasteiger partial charge >= 0.3 is 0 Å². The molecule has 0 saturated heterocycles. The van der Waals surface area contributed by atoms with Crippen LogP contribution < -0.4 is 5.32 Å².